The quantitative estimate of drug-likeness (QED) is 0.467. The first-order chi connectivity index (χ1) is 10.2. The monoisotopic (exact) mass is 304 g/mol. The van der Waals surface area contributed by atoms with E-state index in [1.165, 1.54) is 0 Å². The molecule has 2 aromatic carbocycles. The molecular formula is C16H17ClN2O2. The minimum atomic E-state index is -0.0396. The minimum Gasteiger partial charge on any atom is -0.493 e. The Morgan fingerprint density at radius 3 is 2.48 bits per heavy atom. The maximum Gasteiger partial charge on any atom is 0.131 e. The van der Waals surface area contributed by atoms with Crippen molar-refractivity contribution in [1.29, 1.82) is 5.41 Å². The van der Waals surface area contributed by atoms with Crippen LogP contribution in [0.1, 0.15) is 12.0 Å². The highest BCUT2D eigenvalue weighted by Gasteiger charge is 2.07. The molecule has 0 aliphatic rings. The number of halogens is 1. The van der Waals surface area contributed by atoms with Gasteiger partial charge in [0.15, 0.2) is 0 Å². The lowest BCUT2D eigenvalue weighted by Gasteiger charge is -2.11. The van der Waals surface area contributed by atoms with Gasteiger partial charge in [-0.25, -0.2) is 0 Å². The largest absolute Gasteiger partial charge is 0.493 e. The second-order valence-corrected chi connectivity index (χ2v) is 4.85. The lowest BCUT2D eigenvalue weighted by atomic mass is 10.2. The molecule has 5 heteroatoms. The summed E-state index contributed by atoms with van der Waals surface area (Å²) < 4.78 is 11.2. The number of hydrogen-bond donors (Lipinski definition) is 2. The minimum absolute atomic E-state index is 0.0396. The zero-order valence-electron chi connectivity index (χ0n) is 11.5. The van der Waals surface area contributed by atoms with Crippen LogP contribution in [0.15, 0.2) is 48.5 Å². The van der Waals surface area contributed by atoms with Crippen molar-refractivity contribution in [1.82, 2.24) is 0 Å². The van der Waals surface area contributed by atoms with Crippen molar-refractivity contribution in [3.05, 3.63) is 59.1 Å². The maximum absolute atomic E-state index is 7.51. The van der Waals surface area contributed by atoms with Crippen LogP contribution in [0.4, 0.5) is 0 Å². The van der Waals surface area contributed by atoms with E-state index in [0.29, 0.717) is 29.5 Å². The Hall–Kier alpha value is -2.20. The fourth-order valence-electron chi connectivity index (χ4n) is 1.79. The maximum atomic E-state index is 7.51. The van der Waals surface area contributed by atoms with Crippen molar-refractivity contribution in [2.75, 3.05) is 13.2 Å². The lowest BCUT2D eigenvalue weighted by molar-refractivity contribution is 0.247. The summed E-state index contributed by atoms with van der Waals surface area (Å²) in [5, 5.41) is 8.06. The highest BCUT2D eigenvalue weighted by atomic mass is 35.5. The fourth-order valence-corrected chi connectivity index (χ4v) is 1.95. The molecule has 0 aliphatic heterocycles. The number of amidine groups is 1. The molecule has 0 aliphatic carbocycles. The summed E-state index contributed by atoms with van der Waals surface area (Å²) >= 11 is 5.93. The van der Waals surface area contributed by atoms with Gasteiger partial charge in [-0.3, -0.25) is 5.41 Å². The van der Waals surface area contributed by atoms with E-state index in [1.807, 2.05) is 30.3 Å². The molecule has 4 nitrogen and oxygen atoms in total. The zero-order chi connectivity index (χ0) is 15.1. The number of rotatable bonds is 7. The summed E-state index contributed by atoms with van der Waals surface area (Å²) in [5.74, 6) is 1.32. The molecule has 0 saturated carbocycles. The average molecular weight is 305 g/mol. The van der Waals surface area contributed by atoms with Crippen molar-refractivity contribution in [3.63, 3.8) is 0 Å². The number of ether oxygens (including phenoxy) is 2. The van der Waals surface area contributed by atoms with Crippen molar-refractivity contribution in [2.24, 2.45) is 5.73 Å². The Bertz CT molecular complexity index is 602. The molecule has 0 heterocycles. The molecular weight excluding hydrogens is 288 g/mol. The molecule has 2 aromatic rings. The molecule has 0 saturated heterocycles. The van der Waals surface area contributed by atoms with Crippen LogP contribution in [0.2, 0.25) is 5.02 Å². The number of para-hydroxylation sites is 1. The Balaban J connectivity index is 1.81. The van der Waals surface area contributed by atoms with E-state index in [2.05, 4.69) is 0 Å². The van der Waals surface area contributed by atoms with Gasteiger partial charge < -0.3 is 15.2 Å². The van der Waals surface area contributed by atoms with Crippen LogP contribution in [-0.2, 0) is 0 Å². The van der Waals surface area contributed by atoms with Gasteiger partial charge in [-0.05, 0) is 30.3 Å². The molecule has 0 fully saturated rings. The summed E-state index contributed by atoms with van der Waals surface area (Å²) in [4.78, 5) is 0. The number of nitrogens with one attached hydrogen (secondary N) is 1. The number of nitrogens with two attached hydrogens (primary N) is 1. The SMILES string of the molecule is N=C(N)c1ccc(Cl)cc1OCCCOc1ccccc1. The summed E-state index contributed by atoms with van der Waals surface area (Å²) in [6, 6.07) is 14.6. The van der Waals surface area contributed by atoms with Gasteiger partial charge in [0.05, 0.1) is 18.8 Å². The number of nitrogen functional groups attached to an aromatic ring is 1. The van der Waals surface area contributed by atoms with Crippen LogP contribution >= 0.6 is 11.6 Å². The van der Waals surface area contributed by atoms with E-state index in [4.69, 9.17) is 32.2 Å². The molecule has 0 bridgehead atoms. The first-order valence-electron chi connectivity index (χ1n) is 6.61. The first kappa shape index (κ1) is 15.2. The van der Waals surface area contributed by atoms with Crippen LogP contribution in [0.3, 0.4) is 0 Å². The molecule has 0 atom stereocenters. The molecule has 21 heavy (non-hydrogen) atoms. The predicted molar refractivity (Wildman–Crippen MR) is 84.5 cm³/mol. The van der Waals surface area contributed by atoms with E-state index in [0.717, 1.165) is 12.2 Å². The topological polar surface area (TPSA) is 68.3 Å². The second kappa shape index (κ2) is 7.55. The molecule has 2 rings (SSSR count). The third kappa shape index (κ3) is 4.68. The van der Waals surface area contributed by atoms with Crippen LogP contribution in [0.25, 0.3) is 0 Å². The molecule has 0 spiro atoms. The van der Waals surface area contributed by atoms with Gasteiger partial charge >= 0.3 is 0 Å². The van der Waals surface area contributed by atoms with E-state index in [-0.39, 0.29) is 5.84 Å². The van der Waals surface area contributed by atoms with Gasteiger partial charge in [-0.1, -0.05) is 29.8 Å². The van der Waals surface area contributed by atoms with Crippen LogP contribution < -0.4 is 15.2 Å². The number of benzene rings is 2. The Labute approximate surface area is 129 Å². The summed E-state index contributed by atoms with van der Waals surface area (Å²) in [7, 11) is 0. The molecule has 110 valence electrons. The normalized spacial score (nSPS) is 10.1. The van der Waals surface area contributed by atoms with Gasteiger partial charge in [0.1, 0.15) is 17.3 Å². The Kier molecular flexibility index (Phi) is 5.46. The average Bonchev–Trinajstić information content (AvgIpc) is 2.48. The van der Waals surface area contributed by atoms with E-state index in [1.54, 1.807) is 18.2 Å². The predicted octanol–water partition coefficient (Wildman–Crippen LogP) is 3.47. The van der Waals surface area contributed by atoms with Crippen molar-refractivity contribution in [2.45, 2.75) is 6.42 Å². The smallest absolute Gasteiger partial charge is 0.131 e. The lowest BCUT2D eigenvalue weighted by Crippen LogP contribution is -2.14. The Morgan fingerprint density at radius 1 is 1.05 bits per heavy atom. The van der Waals surface area contributed by atoms with E-state index in [9.17, 15) is 0 Å². The standard InChI is InChI=1S/C16H17ClN2O2/c17-12-7-8-14(16(18)19)15(11-12)21-10-4-9-20-13-5-2-1-3-6-13/h1-3,5-8,11H,4,9-10H2,(H3,18,19). The third-order valence-corrected chi connectivity index (χ3v) is 3.03. The summed E-state index contributed by atoms with van der Waals surface area (Å²) in [5.41, 5.74) is 6.05. The highest BCUT2D eigenvalue weighted by molar-refractivity contribution is 6.30. The molecule has 0 aromatic heterocycles. The van der Waals surface area contributed by atoms with Crippen molar-refractivity contribution < 1.29 is 9.47 Å². The van der Waals surface area contributed by atoms with E-state index >= 15 is 0 Å². The molecule has 3 N–H and O–H groups in total. The fraction of sp³-hybridized carbons (Fsp3) is 0.188. The van der Waals surface area contributed by atoms with Gasteiger partial charge in [0.25, 0.3) is 0 Å². The Morgan fingerprint density at radius 2 is 1.76 bits per heavy atom. The number of hydrogen-bond acceptors (Lipinski definition) is 3. The van der Waals surface area contributed by atoms with Gasteiger partial charge in [-0.2, -0.15) is 0 Å². The van der Waals surface area contributed by atoms with E-state index < -0.39 is 0 Å². The summed E-state index contributed by atoms with van der Waals surface area (Å²) in [6.45, 7) is 1.02. The molecule has 0 amide bonds. The zero-order valence-corrected chi connectivity index (χ0v) is 12.3. The van der Waals surface area contributed by atoms with Crippen molar-refractivity contribution >= 4 is 17.4 Å². The van der Waals surface area contributed by atoms with Crippen LogP contribution in [0, 0.1) is 5.41 Å². The molecule has 0 radical (unpaired) electrons. The van der Waals surface area contributed by atoms with Gasteiger partial charge in [0.2, 0.25) is 0 Å². The summed E-state index contributed by atoms with van der Waals surface area (Å²) in [6.07, 6.45) is 0.721. The van der Waals surface area contributed by atoms with Gasteiger partial charge in [-0.15, -0.1) is 0 Å². The second-order valence-electron chi connectivity index (χ2n) is 4.42. The third-order valence-electron chi connectivity index (χ3n) is 2.79. The van der Waals surface area contributed by atoms with Gasteiger partial charge in [0, 0.05) is 11.4 Å². The van der Waals surface area contributed by atoms with Crippen LogP contribution in [-0.4, -0.2) is 19.0 Å². The first-order valence-corrected chi connectivity index (χ1v) is 6.99. The van der Waals surface area contributed by atoms with Crippen molar-refractivity contribution in [3.8, 4) is 11.5 Å². The highest BCUT2D eigenvalue weighted by Crippen LogP contribution is 2.23. The molecule has 0 unspecified atom stereocenters. The van der Waals surface area contributed by atoms with Crippen LogP contribution in [0.5, 0.6) is 11.5 Å².